The number of methoxy groups -OCH3 is 1. The minimum atomic E-state index is -1.23. The van der Waals surface area contributed by atoms with E-state index in [2.05, 4.69) is 5.32 Å². The lowest BCUT2D eigenvalue weighted by molar-refractivity contribution is -0.142. The first kappa shape index (κ1) is 16.8. The SMILES string of the molecule is COc1cccc(/C=C/C(=O)NC2(C(=O)O)CC2c2ccccc2)c1. The molecule has 1 aliphatic rings. The second kappa shape index (κ2) is 6.81. The first-order chi connectivity index (χ1) is 12.0. The van der Waals surface area contributed by atoms with Gasteiger partial charge < -0.3 is 15.2 Å². The Bertz CT molecular complexity index is 815. The number of carboxylic acids is 1. The quantitative estimate of drug-likeness (QED) is 0.795. The van der Waals surface area contributed by atoms with Gasteiger partial charge in [0.05, 0.1) is 7.11 Å². The molecule has 3 rings (SSSR count). The third-order valence-electron chi connectivity index (χ3n) is 4.41. The van der Waals surface area contributed by atoms with Crippen LogP contribution in [0.4, 0.5) is 0 Å². The number of ether oxygens (including phenoxy) is 1. The summed E-state index contributed by atoms with van der Waals surface area (Å²) in [6.45, 7) is 0. The summed E-state index contributed by atoms with van der Waals surface area (Å²) in [5.74, 6) is -0.954. The zero-order chi connectivity index (χ0) is 17.9. The Morgan fingerprint density at radius 2 is 1.96 bits per heavy atom. The second-order valence-electron chi connectivity index (χ2n) is 6.04. The molecule has 0 bridgehead atoms. The highest BCUT2D eigenvalue weighted by atomic mass is 16.5. The van der Waals surface area contributed by atoms with E-state index in [0.29, 0.717) is 12.2 Å². The molecule has 5 heteroatoms. The highest BCUT2D eigenvalue weighted by Crippen LogP contribution is 2.51. The molecule has 1 saturated carbocycles. The van der Waals surface area contributed by atoms with Crippen LogP contribution in [0, 0.1) is 0 Å². The molecule has 25 heavy (non-hydrogen) atoms. The largest absolute Gasteiger partial charge is 0.497 e. The number of amides is 1. The lowest BCUT2D eigenvalue weighted by atomic mass is 10.1. The number of rotatable bonds is 6. The molecule has 0 aliphatic heterocycles. The maximum absolute atomic E-state index is 12.2. The fraction of sp³-hybridized carbons (Fsp3) is 0.200. The van der Waals surface area contributed by atoms with E-state index < -0.39 is 17.4 Å². The predicted molar refractivity (Wildman–Crippen MR) is 94.3 cm³/mol. The molecule has 1 aliphatic carbocycles. The van der Waals surface area contributed by atoms with Crippen LogP contribution >= 0.6 is 0 Å². The Balaban J connectivity index is 1.70. The smallest absolute Gasteiger partial charge is 0.330 e. The highest BCUT2D eigenvalue weighted by molar-refractivity contribution is 5.98. The number of carbonyl (C=O) groups is 2. The van der Waals surface area contributed by atoms with Gasteiger partial charge in [0.2, 0.25) is 5.91 Å². The van der Waals surface area contributed by atoms with Gasteiger partial charge in [-0.2, -0.15) is 0 Å². The number of hydrogen-bond acceptors (Lipinski definition) is 3. The van der Waals surface area contributed by atoms with E-state index in [1.54, 1.807) is 19.3 Å². The van der Waals surface area contributed by atoms with Gasteiger partial charge in [-0.25, -0.2) is 4.79 Å². The summed E-state index contributed by atoms with van der Waals surface area (Å²) < 4.78 is 5.13. The number of carbonyl (C=O) groups excluding carboxylic acids is 1. The second-order valence-corrected chi connectivity index (χ2v) is 6.04. The Hall–Kier alpha value is -3.08. The Kier molecular flexibility index (Phi) is 4.57. The van der Waals surface area contributed by atoms with Crippen LogP contribution in [0.25, 0.3) is 6.08 Å². The van der Waals surface area contributed by atoms with Crippen molar-refractivity contribution in [3.63, 3.8) is 0 Å². The average Bonchev–Trinajstić information content (AvgIpc) is 3.36. The number of aliphatic carboxylic acids is 1. The lowest BCUT2D eigenvalue weighted by Crippen LogP contribution is -2.43. The first-order valence-corrected chi connectivity index (χ1v) is 7.98. The number of nitrogens with one attached hydrogen (secondary N) is 1. The van der Waals surface area contributed by atoms with Crippen LogP contribution in [0.2, 0.25) is 0 Å². The molecule has 2 N–H and O–H groups in total. The fourth-order valence-corrected chi connectivity index (χ4v) is 2.96. The average molecular weight is 337 g/mol. The van der Waals surface area contributed by atoms with Gasteiger partial charge in [-0.1, -0.05) is 42.5 Å². The standard InChI is InChI=1S/C20H19NO4/c1-25-16-9-5-6-14(12-16)10-11-18(22)21-20(19(23)24)13-17(20)15-7-3-2-4-8-15/h2-12,17H,13H2,1H3,(H,21,22)(H,23,24)/b11-10+. The molecule has 5 nitrogen and oxygen atoms in total. The molecule has 2 aromatic rings. The van der Waals surface area contributed by atoms with E-state index >= 15 is 0 Å². The highest BCUT2D eigenvalue weighted by Gasteiger charge is 2.62. The number of carboxylic acid groups (broad SMARTS) is 1. The van der Waals surface area contributed by atoms with Gasteiger partial charge in [0.15, 0.2) is 0 Å². The molecule has 2 aromatic carbocycles. The van der Waals surface area contributed by atoms with E-state index in [1.807, 2.05) is 48.5 Å². The van der Waals surface area contributed by atoms with Crippen molar-refractivity contribution in [3.8, 4) is 5.75 Å². The third kappa shape index (κ3) is 3.55. The van der Waals surface area contributed by atoms with Crippen molar-refractivity contribution in [1.29, 1.82) is 0 Å². The zero-order valence-electron chi connectivity index (χ0n) is 13.8. The van der Waals surface area contributed by atoms with Gasteiger partial charge in [0.25, 0.3) is 0 Å². The van der Waals surface area contributed by atoms with Crippen LogP contribution < -0.4 is 10.1 Å². The molecule has 0 radical (unpaired) electrons. The molecular formula is C20H19NO4. The van der Waals surface area contributed by atoms with Gasteiger partial charge in [-0.15, -0.1) is 0 Å². The predicted octanol–water partition coefficient (Wildman–Crippen LogP) is 2.84. The van der Waals surface area contributed by atoms with Crippen molar-refractivity contribution in [2.75, 3.05) is 7.11 Å². The van der Waals surface area contributed by atoms with Gasteiger partial charge in [-0.3, -0.25) is 4.79 Å². The van der Waals surface area contributed by atoms with Crippen LogP contribution in [-0.4, -0.2) is 29.6 Å². The van der Waals surface area contributed by atoms with Gasteiger partial charge in [-0.05, 0) is 35.8 Å². The van der Waals surface area contributed by atoms with Crippen LogP contribution in [0.15, 0.2) is 60.7 Å². The maximum Gasteiger partial charge on any atom is 0.330 e. The minimum absolute atomic E-state index is 0.208. The van der Waals surface area contributed by atoms with Crippen molar-refractivity contribution >= 4 is 18.0 Å². The molecule has 2 unspecified atom stereocenters. The van der Waals surface area contributed by atoms with E-state index in [9.17, 15) is 14.7 Å². The molecule has 0 saturated heterocycles. The van der Waals surface area contributed by atoms with E-state index in [4.69, 9.17) is 4.74 Å². The van der Waals surface area contributed by atoms with Crippen LogP contribution in [-0.2, 0) is 9.59 Å². The van der Waals surface area contributed by atoms with E-state index in [-0.39, 0.29) is 5.92 Å². The summed E-state index contributed by atoms with van der Waals surface area (Å²) >= 11 is 0. The summed E-state index contributed by atoms with van der Waals surface area (Å²) in [6.07, 6.45) is 3.37. The summed E-state index contributed by atoms with van der Waals surface area (Å²) in [4.78, 5) is 23.9. The summed E-state index contributed by atoms with van der Waals surface area (Å²) in [5.41, 5.74) is 0.494. The molecule has 128 valence electrons. The number of benzene rings is 2. The van der Waals surface area contributed by atoms with Gasteiger partial charge in [0.1, 0.15) is 11.3 Å². The monoisotopic (exact) mass is 337 g/mol. The van der Waals surface area contributed by atoms with Crippen molar-refractivity contribution in [2.24, 2.45) is 0 Å². The molecule has 0 heterocycles. The normalized spacial score (nSPS) is 21.7. The Morgan fingerprint density at radius 3 is 2.64 bits per heavy atom. The van der Waals surface area contributed by atoms with Gasteiger partial charge in [0, 0.05) is 12.0 Å². The molecule has 1 fully saturated rings. The zero-order valence-corrected chi connectivity index (χ0v) is 13.8. The summed E-state index contributed by atoms with van der Waals surface area (Å²) in [7, 11) is 1.57. The Morgan fingerprint density at radius 1 is 1.20 bits per heavy atom. The summed E-state index contributed by atoms with van der Waals surface area (Å²) in [5, 5.41) is 12.2. The molecule has 0 aromatic heterocycles. The summed E-state index contributed by atoms with van der Waals surface area (Å²) in [6, 6.07) is 16.6. The van der Waals surface area contributed by atoms with Crippen LogP contribution in [0.1, 0.15) is 23.5 Å². The van der Waals surface area contributed by atoms with Crippen molar-refractivity contribution < 1.29 is 19.4 Å². The van der Waals surface area contributed by atoms with Crippen molar-refractivity contribution in [3.05, 3.63) is 71.8 Å². The molecule has 2 atom stereocenters. The molecule has 0 spiro atoms. The van der Waals surface area contributed by atoms with E-state index in [1.165, 1.54) is 6.08 Å². The fourth-order valence-electron chi connectivity index (χ4n) is 2.96. The Labute approximate surface area is 145 Å². The first-order valence-electron chi connectivity index (χ1n) is 7.98. The lowest BCUT2D eigenvalue weighted by Gasteiger charge is -2.13. The van der Waals surface area contributed by atoms with Crippen LogP contribution in [0.3, 0.4) is 0 Å². The number of hydrogen-bond donors (Lipinski definition) is 2. The van der Waals surface area contributed by atoms with Crippen LogP contribution in [0.5, 0.6) is 5.75 Å². The minimum Gasteiger partial charge on any atom is -0.497 e. The maximum atomic E-state index is 12.2. The molecular weight excluding hydrogens is 318 g/mol. The van der Waals surface area contributed by atoms with Crippen molar-refractivity contribution in [2.45, 2.75) is 17.9 Å². The molecule has 1 amide bonds. The van der Waals surface area contributed by atoms with E-state index in [0.717, 1.165) is 11.1 Å². The van der Waals surface area contributed by atoms with Gasteiger partial charge >= 0.3 is 5.97 Å². The van der Waals surface area contributed by atoms with Crippen molar-refractivity contribution in [1.82, 2.24) is 5.32 Å². The third-order valence-corrected chi connectivity index (χ3v) is 4.41. The topological polar surface area (TPSA) is 75.6 Å².